The number of benzene rings is 3. The van der Waals surface area contributed by atoms with Crippen LogP contribution in [0.1, 0.15) is 23.6 Å². The van der Waals surface area contributed by atoms with E-state index >= 15 is 0 Å². The quantitative estimate of drug-likeness (QED) is 0.145. The number of hydrazone groups is 1. The van der Waals surface area contributed by atoms with Gasteiger partial charge >= 0.3 is 6.36 Å². The number of halogens is 3. The number of aryl methyl sites for hydroxylation is 2. The molecule has 1 aliphatic rings. The molecule has 5 rings (SSSR count). The number of nitrogens with one attached hydrogen (secondary N) is 1. The Morgan fingerprint density at radius 1 is 1.12 bits per heavy atom. The Hall–Kier alpha value is -4.23. The second kappa shape index (κ2) is 12.7. The zero-order chi connectivity index (χ0) is 29.7. The lowest BCUT2D eigenvalue weighted by Crippen LogP contribution is -2.27. The summed E-state index contributed by atoms with van der Waals surface area (Å²) in [6.07, 6.45) is -0.675. The Morgan fingerprint density at radius 2 is 1.88 bits per heavy atom. The van der Waals surface area contributed by atoms with Gasteiger partial charge in [0.05, 0.1) is 11.9 Å². The SMILES string of the molecule is CCc1cccc(C)c1N1CCSC1=NC(=S)N/N=C/c1ccc(-c2ncn(-c3ccc(OC(F)(F)F)cc3)n2)cc1. The third-order valence-corrected chi connectivity index (χ3v) is 7.45. The van der Waals surface area contributed by atoms with Crippen LogP contribution in [0.3, 0.4) is 0 Å². The maximum absolute atomic E-state index is 12.4. The molecule has 0 radical (unpaired) electrons. The summed E-state index contributed by atoms with van der Waals surface area (Å²) in [5, 5.41) is 9.79. The van der Waals surface area contributed by atoms with Crippen LogP contribution in [-0.4, -0.2) is 49.9 Å². The van der Waals surface area contributed by atoms with Crippen molar-refractivity contribution in [3.8, 4) is 22.8 Å². The van der Waals surface area contributed by atoms with E-state index in [-0.39, 0.29) is 10.9 Å². The standard InChI is InChI=1S/C29H26F3N7OS2/c1-3-21-6-4-5-19(2)25(21)38-15-16-42-28(38)35-27(41)36-34-17-20-7-9-22(10-8-20)26-33-18-39(37-26)23-11-13-24(14-12-23)40-29(30,31)32/h4-14,17-18H,3,15-16H2,1-2H3,(H,36,41)/b34-17+,35-28?. The number of aliphatic imine (C=N–C) groups is 1. The highest BCUT2D eigenvalue weighted by Gasteiger charge is 2.31. The van der Waals surface area contributed by atoms with Gasteiger partial charge in [-0.05, 0) is 66.5 Å². The number of para-hydroxylation sites is 1. The van der Waals surface area contributed by atoms with Gasteiger partial charge in [0.15, 0.2) is 11.0 Å². The van der Waals surface area contributed by atoms with Crippen molar-refractivity contribution in [3.63, 3.8) is 0 Å². The molecule has 1 aromatic heterocycles. The Balaban J connectivity index is 1.19. The lowest BCUT2D eigenvalue weighted by atomic mass is 10.0. The Bertz CT molecular complexity index is 1620. The second-order valence-corrected chi connectivity index (χ2v) is 10.6. The number of ether oxygens (including phenoxy) is 1. The lowest BCUT2D eigenvalue weighted by molar-refractivity contribution is -0.274. The summed E-state index contributed by atoms with van der Waals surface area (Å²) in [4.78, 5) is 11.2. The van der Waals surface area contributed by atoms with Crippen LogP contribution >= 0.6 is 24.0 Å². The van der Waals surface area contributed by atoms with E-state index in [1.54, 1.807) is 18.0 Å². The first kappa shape index (κ1) is 29.3. The van der Waals surface area contributed by atoms with Crippen molar-refractivity contribution in [2.75, 3.05) is 17.2 Å². The number of thiocarbonyl (C=S) groups is 1. The fourth-order valence-electron chi connectivity index (χ4n) is 4.41. The summed E-state index contributed by atoms with van der Waals surface area (Å²) < 4.78 is 42.5. The van der Waals surface area contributed by atoms with Gasteiger partial charge in [0, 0.05) is 23.5 Å². The van der Waals surface area contributed by atoms with Gasteiger partial charge in [-0.2, -0.15) is 10.1 Å². The third-order valence-electron chi connectivity index (χ3n) is 6.32. The molecule has 0 saturated carbocycles. The van der Waals surface area contributed by atoms with Gasteiger partial charge in [0.25, 0.3) is 0 Å². The van der Waals surface area contributed by atoms with Crippen molar-refractivity contribution < 1.29 is 17.9 Å². The summed E-state index contributed by atoms with van der Waals surface area (Å²) in [5.74, 6) is 1.09. The van der Waals surface area contributed by atoms with E-state index in [0.29, 0.717) is 11.5 Å². The number of aromatic nitrogens is 3. The van der Waals surface area contributed by atoms with Crippen LogP contribution in [0.2, 0.25) is 0 Å². The van der Waals surface area contributed by atoms with Gasteiger partial charge in [-0.1, -0.05) is 61.2 Å². The molecule has 0 amide bonds. The fourth-order valence-corrected chi connectivity index (χ4v) is 5.55. The first-order chi connectivity index (χ1) is 20.2. The highest BCUT2D eigenvalue weighted by Crippen LogP contribution is 2.32. The summed E-state index contributed by atoms with van der Waals surface area (Å²) in [7, 11) is 0. The van der Waals surface area contributed by atoms with Gasteiger partial charge in [-0.15, -0.1) is 18.3 Å². The molecule has 42 heavy (non-hydrogen) atoms. The molecule has 216 valence electrons. The number of anilines is 1. The molecule has 0 unspecified atom stereocenters. The van der Waals surface area contributed by atoms with E-state index in [0.717, 1.165) is 35.0 Å². The number of nitrogens with zero attached hydrogens (tertiary/aromatic N) is 6. The molecule has 0 atom stereocenters. The molecule has 0 aliphatic carbocycles. The topological polar surface area (TPSA) is 79.9 Å². The van der Waals surface area contributed by atoms with Crippen LogP contribution < -0.4 is 15.1 Å². The van der Waals surface area contributed by atoms with Gasteiger partial charge in [-0.3, -0.25) is 5.43 Å². The van der Waals surface area contributed by atoms with Gasteiger partial charge in [0.2, 0.25) is 5.11 Å². The van der Waals surface area contributed by atoms with E-state index in [1.807, 2.05) is 24.3 Å². The first-order valence-electron chi connectivity index (χ1n) is 13.0. The highest BCUT2D eigenvalue weighted by molar-refractivity contribution is 8.14. The number of hydrogen-bond donors (Lipinski definition) is 1. The van der Waals surface area contributed by atoms with Gasteiger partial charge in [0.1, 0.15) is 12.1 Å². The molecule has 1 saturated heterocycles. The smallest absolute Gasteiger partial charge is 0.406 e. The number of rotatable bonds is 7. The highest BCUT2D eigenvalue weighted by atomic mass is 32.2. The van der Waals surface area contributed by atoms with Crippen molar-refractivity contribution in [1.82, 2.24) is 20.2 Å². The minimum absolute atomic E-state index is 0.275. The van der Waals surface area contributed by atoms with Crippen LogP contribution in [0.15, 0.2) is 83.2 Å². The fraction of sp³-hybridized carbons (Fsp3) is 0.207. The summed E-state index contributed by atoms with van der Waals surface area (Å²) in [5.41, 5.74) is 8.65. The number of alkyl halides is 3. The van der Waals surface area contributed by atoms with Crippen LogP contribution in [0.5, 0.6) is 5.75 Å². The minimum atomic E-state index is -4.74. The third kappa shape index (κ3) is 7.15. The predicted octanol–water partition coefficient (Wildman–Crippen LogP) is 6.52. The molecule has 0 spiro atoms. The molecule has 13 heteroatoms. The maximum atomic E-state index is 12.4. The minimum Gasteiger partial charge on any atom is -0.406 e. The van der Waals surface area contributed by atoms with Crippen LogP contribution in [0.25, 0.3) is 17.1 Å². The molecule has 1 aliphatic heterocycles. The molecular weight excluding hydrogens is 583 g/mol. The Labute approximate surface area is 250 Å². The molecule has 4 aromatic rings. The summed E-state index contributed by atoms with van der Waals surface area (Å²) >= 11 is 7.10. The average Bonchev–Trinajstić information content (AvgIpc) is 3.63. The van der Waals surface area contributed by atoms with Crippen LogP contribution in [0, 0.1) is 6.92 Å². The van der Waals surface area contributed by atoms with Gasteiger partial charge in [-0.25, -0.2) is 9.67 Å². The average molecular weight is 610 g/mol. The summed E-state index contributed by atoms with van der Waals surface area (Å²) in [6, 6.07) is 19.1. The van der Waals surface area contributed by atoms with Crippen molar-refractivity contribution in [3.05, 3.63) is 89.7 Å². The predicted molar refractivity (Wildman–Crippen MR) is 165 cm³/mol. The van der Waals surface area contributed by atoms with Crippen molar-refractivity contribution >= 4 is 46.2 Å². The van der Waals surface area contributed by atoms with Gasteiger partial charge < -0.3 is 9.64 Å². The molecule has 0 bridgehead atoms. The van der Waals surface area contributed by atoms with E-state index in [1.165, 1.54) is 52.1 Å². The number of hydrogen-bond acceptors (Lipinski definition) is 6. The van der Waals surface area contributed by atoms with E-state index < -0.39 is 6.36 Å². The normalized spacial score (nSPS) is 14.6. The van der Waals surface area contributed by atoms with Crippen LogP contribution in [0.4, 0.5) is 18.9 Å². The zero-order valence-corrected chi connectivity index (χ0v) is 24.3. The van der Waals surface area contributed by atoms with Crippen LogP contribution in [-0.2, 0) is 6.42 Å². The molecule has 1 fully saturated rings. The second-order valence-electron chi connectivity index (χ2n) is 9.18. The molecule has 8 nitrogen and oxygen atoms in total. The maximum Gasteiger partial charge on any atom is 0.573 e. The molecule has 2 heterocycles. The molecule has 3 aromatic carbocycles. The monoisotopic (exact) mass is 609 g/mol. The van der Waals surface area contributed by atoms with E-state index in [4.69, 9.17) is 12.2 Å². The van der Waals surface area contributed by atoms with Crippen molar-refractivity contribution in [1.29, 1.82) is 0 Å². The Kier molecular flexibility index (Phi) is 8.88. The lowest BCUT2D eigenvalue weighted by Gasteiger charge is -2.23. The Morgan fingerprint density at radius 3 is 2.60 bits per heavy atom. The number of amidine groups is 1. The summed E-state index contributed by atoms with van der Waals surface area (Å²) in [6.45, 7) is 5.13. The van der Waals surface area contributed by atoms with Crippen molar-refractivity contribution in [2.45, 2.75) is 26.6 Å². The van der Waals surface area contributed by atoms with E-state index in [9.17, 15) is 13.2 Å². The van der Waals surface area contributed by atoms with E-state index in [2.05, 4.69) is 67.3 Å². The van der Waals surface area contributed by atoms with Crippen molar-refractivity contribution in [2.24, 2.45) is 10.1 Å². The largest absolute Gasteiger partial charge is 0.573 e. The zero-order valence-electron chi connectivity index (χ0n) is 22.7. The first-order valence-corrected chi connectivity index (χ1v) is 14.4. The molecular formula is C29H26F3N7OS2. The molecule has 1 N–H and O–H groups in total. The number of thioether (sulfide) groups is 1.